The number of carbonyl (C=O) groups is 1. The van der Waals surface area contributed by atoms with Gasteiger partial charge < -0.3 is 0 Å². The third-order valence-electron chi connectivity index (χ3n) is 1.08. The van der Waals surface area contributed by atoms with E-state index in [0.717, 1.165) is 6.20 Å². The van der Waals surface area contributed by atoms with Crippen LogP contribution in [0.2, 0.25) is 10.2 Å². The van der Waals surface area contributed by atoms with Crippen molar-refractivity contribution in [2.45, 2.75) is 0 Å². The maximum absolute atomic E-state index is 12.8. The van der Waals surface area contributed by atoms with Gasteiger partial charge in [-0.05, 0) is 0 Å². The van der Waals surface area contributed by atoms with E-state index in [1.165, 1.54) is 0 Å². The molecule has 58 valence electrons. The van der Waals surface area contributed by atoms with Gasteiger partial charge in [0.25, 0.3) is 0 Å². The van der Waals surface area contributed by atoms with Crippen molar-refractivity contribution in [2.24, 2.45) is 0 Å². The zero-order valence-corrected chi connectivity index (χ0v) is 6.66. The first-order valence-electron chi connectivity index (χ1n) is 2.61. The Morgan fingerprint density at radius 2 is 2.18 bits per heavy atom. The quantitative estimate of drug-likeness (QED) is 0.507. The second-order valence-electron chi connectivity index (χ2n) is 1.74. The normalized spacial score (nSPS) is 9.73. The minimum Gasteiger partial charge on any atom is -0.298 e. The lowest BCUT2D eigenvalue weighted by Gasteiger charge is -1.97. The van der Waals surface area contributed by atoms with Gasteiger partial charge in [-0.1, -0.05) is 23.2 Å². The third-order valence-corrected chi connectivity index (χ3v) is 1.64. The Balaban J connectivity index is 3.40. The van der Waals surface area contributed by atoms with Crippen LogP contribution in [0.3, 0.4) is 0 Å². The Kier molecular flexibility index (Phi) is 2.42. The molecule has 0 fully saturated rings. The Morgan fingerprint density at radius 1 is 1.55 bits per heavy atom. The van der Waals surface area contributed by atoms with Gasteiger partial charge in [0.15, 0.2) is 12.1 Å². The highest BCUT2D eigenvalue weighted by Gasteiger charge is 2.10. The molecule has 2 nitrogen and oxygen atoms in total. The molecule has 0 saturated heterocycles. The molecule has 0 saturated carbocycles. The molecule has 5 heteroatoms. The smallest absolute Gasteiger partial charge is 0.156 e. The Labute approximate surface area is 71.9 Å². The molecule has 0 atom stereocenters. The van der Waals surface area contributed by atoms with Crippen LogP contribution in [0.4, 0.5) is 4.39 Å². The van der Waals surface area contributed by atoms with Gasteiger partial charge in [-0.25, -0.2) is 9.37 Å². The lowest BCUT2D eigenvalue weighted by Crippen LogP contribution is -1.92. The fraction of sp³-hybridized carbons (Fsp3) is 0. The minimum absolute atomic E-state index is 0.179. The minimum atomic E-state index is -0.832. The van der Waals surface area contributed by atoms with Gasteiger partial charge in [-0.2, -0.15) is 0 Å². The first-order chi connectivity index (χ1) is 5.16. The zero-order chi connectivity index (χ0) is 8.43. The maximum atomic E-state index is 12.8. The van der Waals surface area contributed by atoms with Gasteiger partial charge in [0.05, 0.1) is 16.8 Å². The lowest BCUT2D eigenvalue weighted by atomic mass is 10.3. The van der Waals surface area contributed by atoms with Gasteiger partial charge in [-0.15, -0.1) is 0 Å². The standard InChI is InChI=1S/C6H2Cl2FNO/c7-4-1-10-6(8)3(2-11)5(4)9/h1-2H. The van der Waals surface area contributed by atoms with Crippen LogP contribution < -0.4 is 0 Å². The topological polar surface area (TPSA) is 30.0 Å². The molecule has 1 rings (SSSR count). The molecular weight excluding hydrogens is 192 g/mol. The number of nitrogens with zero attached hydrogens (tertiary/aromatic N) is 1. The summed E-state index contributed by atoms with van der Waals surface area (Å²) in [4.78, 5) is 13.6. The highest BCUT2D eigenvalue weighted by atomic mass is 35.5. The molecule has 0 bridgehead atoms. The van der Waals surface area contributed by atoms with Gasteiger partial charge >= 0.3 is 0 Å². The second kappa shape index (κ2) is 3.15. The molecular formula is C6H2Cl2FNO. The monoisotopic (exact) mass is 193 g/mol. The van der Waals surface area contributed by atoms with Crippen LogP contribution in [0.1, 0.15) is 10.4 Å². The predicted molar refractivity (Wildman–Crippen MR) is 39.6 cm³/mol. The average Bonchev–Trinajstić information content (AvgIpc) is 1.99. The van der Waals surface area contributed by atoms with Crippen LogP contribution in [0.5, 0.6) is 0 Å². The first-order valence-corrected chi connectivity index (χ1v) is 3.37. The average molecular weight is 194 g/mol. The van der Waals surface area contributed by atoms with Crippen molar-refractivity contribution >= 4 is 29.5 Å². The molecule has 0 spiro atoms. The summed E-state index contributed by atoms with van der Waals surface area (Å²) in [6, 6.07) is 0. The molecule has 1 aromatic heterocycles. The second-order valence-corrected chi connectivity index (χ2v) is 2.51. The first kappa shape index (κ1) is 8.43. The van der Waals surface area contributed by atoms with Crippen molar-refractivity contribution in [3.05, 3.63) is 27.8 Å². The van der Waals surface area contributed by atoms with Gasteiger partial charge in [0.1, 0.15) is 5.15 Å². The van der Waals surface area contributed by atoms with E-state index >= 15 is 0 Å². The fourth-order valence-electron chi connectivity index (χ4n) is 0.559. The Bertz CT molecular complexity index is 303. The lowest BCUT2D eigenvalue weighted by molar-refractivity contribution is 0.111. The number of hydrogen-bond acceptors (Lipinski definition) is 2. The highest BCUT2D eigenvalue weighted by Crippen LogP contribution is 2.20. The van der Waals surface area contributed by atoms with Crippen molar-refractivity contribution in [2.75, 3.05) is 0 Å². The summed E-state index contributed by atoms with van der Waals surface area (Å²) in [7, 11) is 0. The fourth-order valence-corrected chi connectivity index (χ4v) is 0.886. The molecule has 0 amide bonds. The van der Waals surface area contributed by atoms with Crippen LogP contribution in [0.15, 0.2) is 6.20 Å². The van der Waals surface area contributed by atoms with E-state index in [-0.39, 0.29) is 22.0 Å². The zero-order valence-electron chi connectivity index (χ0n) is 5.14. The molecule has 0 aromatic carbocycles. The number of rotatable bonds is 1. The van der Waals surface area contributed by atoms with Crippen molar-refractivity contribution in [3.63, 3.8) is 0 Å². The number of aldehydes is 1. The molecule has 1 aromatic rings. The van der Waals surface area contributed by atoms with E-state index in [1.54, 1.807) is 0 Å². The molecule has 0 aliphatic rings. The van der Waals surface area contributed by atoms with E-state index in [9.17, 15) is 9.18 Å². The summed E-state index contributed by atoms with van der Waals surface area (Å²) < 4.78 is 12.8. The highest BCUT2D eigenvalue weighted by molar-refractivity contribution is 6.34. The number of aromatic nitrogens is 1. The van der Waals surface area contributed by atoms with Crippen molar-refractivity contribution in [1.82, 2.24) is 4.98 Å². The van der Waals surface area contributed by atoms with Gasteiger partial charge in [-0.3, -0.25) is 4.79 Å². The molecule has 0 aliphatic heterocycles. The number of hydrogen-bond donors (Lipinski definition) is 0. The van der Waals surface area contributed by atoms with E-state index < -0.39 is 5.82 Å². The van der Waals surface area contributed by atoms with Crippen LogP contribution in [-0.4, -0.2) is 11.3 Å². The largest absolute Gasteiger partial charge is 0.298 e. The number of carbonyl (C=O) groups excluding carboxylic acids is 1. The third kappa shape index (κ3) is 1.49. The van der Waals surface area contributed by atoms with Gasteiger partial charge in [0.2, 0.25) is 0 Å². The molecule has 1 heterocycles. The number of pyridine rings is 1. The SMILES string of the molecule is O=Cc1c(Cl)ncc(Cl)c1F. The van der Waals surface area contributed by atoms with Crippen LogP contribution in [0.25, 0.3) is 0 Å². The maximum Gasteiger partial charge on any atom is 0.156 e. The van der Waals surface area contributed by atoms with Crippen LogP contribution >= 0.6 is 23.2 Å². The van der Waals surface area contributed by atoms with Crippen molar-refractivity contribution < 1.29 is 9.18 Å². The molecule has 0 N–H and O–H groups in total. The van der Waals surface area contributed by atoms with Crippen molar-refractivity contribution in [3.8, 4) is 0 Å². The summed E-state index contributed by atoms with van der Waals surface area (Å²) in [6.07, 6.45) is 1.32. The van der Waals surface area contributed by atoms with Crippen LogP contribution in [-0.2, 0) is 0 Å². The predicted octanol–water partition coefficient (Wildman–Crippen LogP) is 2.34. The van der Waals surface area contributed by atoms with Crippen LogP contribution in [0, 0.1) is 5.82 Å². The summed E-state index contributed by atoms with van der Waals surface area (Å²) in [5, 5.41) is -0.390. The van der Waals surface area contributed by atoms with E-state index in [4.69, 9.17) is 23.2 Å². The molecule has 0 aliphatic carbocycles. The van der Waals surface area contributed by atoms with Gasteiger partial charge in [0, 0.05) is 0 Å². The summed E-state index contributed by atoms with van der Waals surface area (Å²) >= 11 is 10.7. The molecule has 0 radical (unpaired) electrons. The van der Waals surface area contributed by atoms with Crippen molar-refractivity contribution in [1.29, 1.82) is 0 Å². The Hall–Kier alpha value is -0.670. The molecule has 0 unspecified atom stereocenters. The summed E-state index contributed by atoms with van der Waals surface area (Å²) in [6.45, 7) is 0. The number of halogens is 3. The summed E-state index contributed by atoms with van der Waals surface area (Å²) in [5.74, 6) is -0.832. The van der Waals surface area contributed by atoms with E-state index in [0.29, 0.717) is 0 Å². The Morgan fingerprint density at radius 3 is 2.64 bits per heavy atom. The molecule has 11 heavy (non-hydrogen) atoms. The summed E-state index contributed by atoms with van der Waals surface area (Å²) in [5.41, 5.74) is -0.306. The van der Waals surface area contributed by atoms with E-state index in [2.05, 4.69) is 4.98 Å². The van der Waals surface area contributed by atoms with E-state index in [1.807, 2.05) is 0 Å².